The molecule has 0 aromatic heterocycles. The largest absolute Gasteiger partial charge is 0.397 e. The van der Waals surface area contributed by atoms with Crippen molar-refractivity contribution in [3.05, 3.63) is 23.3 Å². The molecule has 0 atom stereocenters. The summed E-state index contributed by atoms with van der Waals surface area (Å²) in [6, 6.07) is 4.72. The molecule has 3 N–H and O–H groups in total. The quantitative estimate of drug-likeness (QED) is 0.740. The number of anilines is 2. The zero-order chi connectivity index (χ0) is 11.4. The fourth-order valence-electron chi connectivity index (χ4n) is 1.68. The summed E-state index contributed by atoms with van der Waals surface area (Å²) in [7, 11) is 0. The third-order valence-corrected chi connectivity index (χ3v) is 3.13. The van der Waals surface area contributed by atoms with Gasteiger partial charge in [0.05, 0.1) is 11.4 Å². The minimum atomic E-state index is 0.523. The standard InChI is InChI=1S/C13H22N2/c1-5-11(6-2)15-12-8-7-9(3)10(4)13(12)14/h7-8,11,15H,5-6,14H2,1-4H3. The first kappa shape index (κ1) is 11.9. The van der Waals surface area contributed by atoms with Crippen LogP contribution in [0, 0.1) is 13.8 Å². The molecule has 0 aliphatic heterocycles. The number of hydrogen-bond acceptors (Lipinski definition) is 2. The Morgan fingerprint density at radius 1 is 1.20 bits per heavy atom. The minimum absolute atomic E-state index is 0.523. The van der Waals surface area contributed by atoms with Crippen molar-refractivity contribution < 1.29 is 0 Å². The van der Waals surface area contributed by atoms with Gasteiger partial charge in [-0.1, -0.05) is 19.9 Å². The van der Waals surface area contributed by atoms with Gasteiger partial charge in [-0.05, 0) is 43.9 Å². The SMILES string of the molecule is CCC(CC)Nc1ccc(C)c(C)c1N. The van der Waals surface area contributed by atoms with E-state index in [0.29, 0.717) is 6.04 Å². The van der Waals surface area contributed by atoms with E-state index in [-0.39, 0.29) is 0 Å². The lowest BCUT2D eigenvalue weighted by molar-refractivity contribution is 0.672. The topological polar surface area (TPSA) is 38.0 Å². The average Bonchev–Trinajstić information content (AvgIpc) is 2.25. The molecule has 15 heavy (non-hydrogen) atoms. The first-order chi connectivity index (χ1) is 7.10. The molecule has 0 bridgehead atoms. The predicted octanol–water partition coefficient (Wildman–Crippen LogP) is 3.49. The summed E-state index contributed by atoms with van der Waals surface area (Å²) >= 11 is 0. The second-order valence-electron chi connectivity index (χ2n) is 4.13. The number of nitrogens with one attached hydrogen (secondary N) is 1. The van der Waals surface area contributed by atoms with Crippen LogP contribution in [0.3, 0.4) is 0 Å². The van der Waals surface area contributed by atoms with Crippen LogP contribution in [0.15, 0.2) is 12.1 Å². The molecule has 1 aromatic carbocycles. The molecule has 0 radical (unpaired) electrons. The predicted molar refractivity (Wildman–Crippen MR) is 68.3 cm³/mol. The molecule has 2 nitrogen and oxygen atoms in total. The molecular formula is C13H22N2. The summed E-state index contributed by atoms with van der Waals surface area (Å²) in [6.07, 6.45) is 2.26. The highest BCUT2D eigenvalue weighted by Gasteiger charge is 2.08. The van der Waals surface area contributed by atoms with Crippen molar-refractivity contribution in [2.24, 2.45) is 0 Å². The maximum atomic E-state index is 6.08. The third-order valence-electron chi connectivity index (χ3n) is 3.13. The van der Waals surface area contributed by atoms with Gasteiger partial charge in [0.1, 0.15) is 0 Å². The summed E-state index contributed by atoms with van der Waals surface area (Å²) in [5.74, 6) is 0. The molecule has 1 rings (SSSR count). The number of rotatable bonds is 4. The van der Waals surface area contributed by atoms with Gasteiger partial charge in [-0.2, -0.15) is 0 Å². The van der Waals surface area contributed by atoms with E-state index in [0.717, 1.165) is 24.2 Å². The van der Waals surface area contributed by atoms with Crippen molar-refractivity contribution in [3.8, 4) is 0 Å². The van der Waals surface area contributed by atoms with Crippen LogP contribution in [-0.2, 0) is 0 Å². The Kier molecular flexibility index (Phi) is 4.01. The lowest BCUT2D eigenvalue weighted by atomic mass is 10.1. The smallest absolute Gasteiger partial charge is 0.0582 e. The Hall–Kier alpha value is -1.18. The van der Waals surface area contributed by atoms with Crippen LogP contribution in [0.5, 0.6) is 0 Å². The molecule has 1 aromatic rings. The monoisotopic (exact) mass is 206 g/mol. The second-order valence-corrected chi connectivity index (χ2v) is 4.13. The Morgan fingerprint density at radius 2 is 1.80 bits per heavy atom. The van der Waals surface area contributed by atoms with Crippen LogP contribution in [-0.4, -0.2) is 6.04 Å². The molecule has 0 saturated carbocycles. The highest BCUT2D eigenvalue weighted by molar-refractivity contribution is 5.71. The number of aryl methyl sites for hydroxylation is 1. The maximum absolute atomic E-state index is 6.08. The lowest BCUT2D eigenvalue weighted by Gasteiger charge is -2.19. The average molecular weight is 206 g/mol. The zero-order valence-electron chi connectivity index (χ0n) is 10.2. The molecule has 0 unspecified atom stereocenters. The van der Waals surface area contributed by atoms with Crippen molar-refractivity contribution in [2.45, 2.75) is 46.6 Å². The molecule has 0 heterocycles. The van der Waals surface area contributed by atoms with Crippen LogP contribution in [0.25, 0.3) is 0 Å². The van der Waals surface area contributed by atoms with Crippen LogP contribution in [0.1, 0.15) is 37.8 Å². The third kappa shape index (κ3) is 2.65. The molecule has 2 heteroatoms. The summed E-state index contributed by atoms with van der Waals surface area (Å²) in [6.45, 7) is 8.55. The number of nitrogens with two attached hydrogens (primary N) is 1. The maximum Gasteiger partial charge on any atom is 0.0582 e. The Labute approximate surface area is 92.9 Å². The van der Waals surface area contributed by atoms with Crippen LogP contribution in [0.4, 0.5) is 11.4 Å². The van der Waals surface area contributed by atoms with Gasteiger partial charge in [0.25, 0.3) is 0 Å². The Balaban J connectivity index is 2.91. The van der Waals surface area contributed by atoms with Gasteiger partial charge in [0.15, 0.2) is 0 Å². The molecule has 0 aliphatic rings. The van der Waals surface area contributed by atoms with Gasteiger partial charge in [-0.3, -0.25) is 0 Å². The molecule has 0 amide bonds. The molecule has 84 valence electrons. The van der Waals surface area contributed by atoms with Gasteiger partial charge < -0.3 is 11.1 Å². The Morgan fingerprint density at radius 3 is 2.33 bits per heavy atom. The first-order valence-electron chi connectivity index (χ1n) is 5.72. The van der Waals surface area contributed by atoms with Gasteiger partial charge in [0.2, 0.25) is 0 Å². The van der Waals surface area contributed by atoms with E-state index in [4.69, 9.17) is 5.73 Å². The van der Waals surface area contributed by atoms with Gasteiger partial charge >= 0.3 is 0 Å². The van der Waals surface area contributed by atoms with E-state index in [9.17, 15) is 0 Å². The van der Waals surface area contributed by atoms with Crippen molar-refractivity contribution in [1.82, 2.24) is 0 Å². The molecule has 0 fully saturated rings. The fourth-order valence-corrected chi connectivity index (χ4v) is 1.68. The minimum Gasteiger partial charge on any atom is -0.397 e. The van der Waals surface area contributed by atoms with E-state index in [1.807, 2.05) is 0 Å². The summed E-state index contributed by atoms with van der Waals surface area (Å²) < 4.78 is 0. The van der Waals surface area contributed by atoms with Crippen molar-refractivity contribution in [2.75, 3.05) is 11.1 Å². The fraction of sp³-hybridized carbons (Fsp3) is 0.538. The van der Waals surface area contributed by atoms with Gasteiger partial charge in [-0.15, -0.1) is 0 Å². The van der Waals surface area contributed by atoms with Crippen molar-refractivity contribution >= 4 is 11.4 Å². The highest BCUT2D eigenvalue weighted by atomic mass is 14.9. The second kappa shape index (κ2) is 5.06. The summed E-state index contributed by atoms with van der Waals surface area (Å²) in [4.78, 5) is 0. The van der Waals surface area contributed by atoms with E-state index < -0.39 is 0 Å². The number of nitrogen functional groups attached to an aromatic ring is 1. The molecule has 0 spiro atoms. The lowest BCUT2D eigenvalue weighted by Crippen LogP contribution is -2.18. The van der Waals surface area contributed by atoms with E-state index in [2.05, 4.69) is 45.1 Å². The number of benzene rings is 1. The van der Waals surface area contributed by atoms with E-state index in [1.165, 1.54) is 11.1 Å². The van der Waals surface area contributed by atoms with Gasteiger partial charge in [-0.25, -0.2) is 0 Å². The highest BCUT2D eigenvalue weighted by Crippen LogP contribution is 2.26. The Bertz CT molecular complexity index is 328. The van der Waals surface area contributed by atoms with Crippen LogP contribution in [0.2, 0.25) is 0 Å². The normalized spacial score (nSPS) is 10.7. The summed E-state index contributed by atoms with van der Waals surface area (Å²) in [5, 5.41) is 3.49. The van der Waals surface area contributed by atoms with Crippen molar-refractivity contribution in [3.63, 3.8) is 0 Å². The van der Waals surface area contributed by atoms with Gasteiger partial charge in [0, 0.05) is 6.04 Å². The van der Waals surface area contributed by atoms with Crippen LogP contribution < -0.4 is 11.1 Å². The van der Waals surface area contributed by atoms with E-state index >= 15 is 0 Å². The molecule has 0 saturated heterocycles. The van der Waals surface area contributed by atoms with E-state index in [1.54, 1.807) is 0 Å². The van der Waals surface area contributed by atoms with Crippen LogP contribution >= 0.6 is 0 Å². The number of hydrogen-bond donors (Lipinski definition) is 2. The summed E-state index contributed by atoms with van der Waals surface area (Å²) in [5.41, 5.74) is 10.5. The zero-order valence-corrected chi connectivity index (χ0v) is 10.2. The molecular weight excluding hydrogens is 184 g/mol. The van der Waals surface area contributed by atoms with Crippen molar-refractivity contribution in [1.29, 1.82) is 0 Å². The first-order valence-corrected chi connectivity index (χ1v) is 5.72. The molecule has 0 aliphatic carbocycles.